The third kappa shape index (κ3) is 3.39. The van der Waals surface area contributed by atoms with Crippen molar-refractivity contribution in [1.82, 2.24) is 14.3 Å². The number of nitrogens with one attached hydrogen (secondary N) is 1. The molecule has 1 N–H and O–H groups in total. The van der Waals surface area contributed by atoms with E-state index in [-0.39, 0.29) is 17.7 Å². The zero-order valence-electron chi connectivity index (χ0n) is 16.2. The predicted octanol–water partition coefficient (Wildman–Crippen LogP) is 4.15. The number of furan rings is 1. The summed E-state index contributed by atoms with van der Waals surface area (Å²) < 4.78 is 6.93. The number of fused-ring (bicyclic) bond motifs is 1. The number of aromatic nitrogens is 2. The number of anilines is 1. The molecule has 1 unspecified atom stereocenters. The molecule has 7 nitrogen and oxygen atoms in total. The van der Waals surface area contributed by atoms with E-state index in [9.17, 15) is 9.59 Å². The lowest BCUT2D eigenvalue weighted by Gasteiger charge is -2.31. The molecule has 1 fully saturated rings. The summed E-state index contributed by atoms with van der Waals surface area (Å²) in [6.07, 6.45) is 6.36. The van der Waals surface area contributed by atoms with Crippen molar-refractivity contribution in [2.45, 2.75) is 12.8 Å². The molecule has 4 heterocycles. The molecule has 1 aliphatic heterocycles. The van der Waals surface area contributed by atoms with Crippen LogP contribution in [0.3, 0.4) is 0 Å². The van der Waals surface area contributed by atoms with Crippen LogP contribution in [0.25, 0.3) is 16.2 Å². The van der Waals surface area contributed by atoms with E-state index in [2.05, 4.69) is 5.32 Å². The van der Waals surface area contributed by atoms with Crippen molar-refractivity contribution in [3.05, 3.63) is 66.1 Å². The van der Waals surface area contributed by atoms with Gasteiger partial charge in [-0.2, -0.15) is 0 Å². The Labute approximate surface area is 176 Å². The van der Waals surface area contributed by atoms with Crippen LogP contribution in [0.5, 0.6) is 0 Å². The summed E-state index contributed by atoms with van der Waals surface area (Å²) in [7, 11) is 0. The van der Waals surface area contributed by atoms with Crippen molar-refractivity contribution < 1.29 is 14.0 Å². The molecule has 1 atom stereocenters. The van der Waals surface area contributed by atoms with Crippen molar-refractivity contribution in [1.29, 1.82) is 0 Å². The number of hydrogen-bond acceptors (Lipinski definition) is 5. The SMILES string of the molecule is O=C(Nc1c(-c2ccccc2)nc2sccn12)C1CCCN(C(=O)c2ccoc2)C1. The zero-order chi connectivity index (χ0) is 20.5. The normalized spacial score (nSPS) is 16.7. The van der Waals surface area contributed by atoms with Crippen LogP contribution >= 0.6 is 11.3 Å². The van der Waals surface area contributed by atoms with Gasteiger partial charge in [-0.15, -0.1) is 11.3 Å². The van der Waals surface area contributed by atoms with Gasteiger partial charge in [0.2, 0.25) is 5.91 Å². The molecule has 1 aromatic carbocycles. The number of imidazole rings is 1. The molecule has 0 bridgehead atoms. The Kier molecular flexibility index (Phi) is 4.84. The summed E-state index contributed by atoms with van der Waals surface area (Å²) in [6, 6.07) is 11.5. The molecule has 30 heavy (non-hydrogen) atoms. The Morgan fingerprint density at radius 1 is 1.20 bits per heavy atom. The molecule has 152 valence electrons. The number of carbonyl (C=O) groups excluding carboxylic acids is 2. The summed E-state index contributed by atoms with van der Waals surface area (Å²) >= 11 is 1.52. The lowest BCUT2D eigenvalue weighted by atomic mass is 9.96. The van der Waals surface area contributed by atoms with Gasteiger partial charge in [0.15, 0.2) is 4.96 Å². The highest BCUT2D eigenvalue weighted by Gasteiger charge is 2.30. The Morgan fingerprint density at radius 3 is 2.87 bits per heavy atom. The lowest BCUT2D eigenvalue weighted by molar-refractivity contribution is -0.121. The first kappa shape index (κ1) is 18.6. The lowest BCUT2D eigenvalue weighted by Crippen LogP contribution is -2.43. The molecule has 0 saturated carbocycles. The minimum Gasteiger partial charge on any atom is -0.472 e. The van der Waals surface area contributed by atoms with Gasteiger partial charge < -0.3 is 14.6 Å². The predicted molar refractivity (Wildman–Crippen MR) is 114 cm³/mol. The van der Waals surface area contributed by atoms with Gasteiger partial charge >= 0.3 is 0 Å². The van der Waals surface area contributed by atoms with Gasteiger partial charge in [-0.25, -0.2) is 4.98 Å². The molecule has 5 rings (SSSR count). The second-order valence-electron chi connectivity index (χ2n) is 7.32. The maximum atomic E-state index is 13.2. The van der Waals surface area contributed by atoms with Gasteiger partial charge in [0.05, 0.1) is 17.7 Å². The van der Waals surface area contributed by atoms with Crippen molar-refractivity contribution >= 4 is 33.9 Å². The number of amides is 2. The van der Waals surface area contributed by atoms with Crippen LogP contribution in [0.15, 0.2) is 64.9 Å². The minimum absolute atomic E-state index is 0.0927. The van der Waals surface area contributed by atoms with Crippen molar-refractivity contribution in [3.8, 4) is 11.3 Å². The van der Waals surface area contributed by atoms with Crippen LogP contribution < -0.4 is 5.32 Å². The van der Waals surface area contributed by atoms with E-state index in [1.807, 2.05) is 46.3 Å². The molecular formula is C22H20N4O3S. The average Bonchev–Trinajstić information content (AvgIpc) is 3.53. The molecule has 1 aliphatic rings. The summed E-state index contributed by atoms with van der Waals surface area (Å²) in [4.78, 5) is 33.1. The van der Waals surface area contributed by atoms with Gasteiger partial charge in [-0.3, -0.25) is 14.0 Å². The maximum Gasteiger partial charge on any atom is 0.257 e. The average molecular weight is 420 g/mol. The van der Waals surface area contributed by atoms with E-state index in [0.717, 1.165) is 29.1 Å². The Morgan fingerprint density at radius 2 is 2.07 bits per heavy atom. The first-order chi connectivity index (χ1) is 14.7. The van der Waals surface area contributed by atoms with E-state index in [0.29, 0.717) is 24.5 Å². The van der Waals surface area contributed by atoms with Gasteiger partial charge in [0, 0.05) is 30.2 Å². The molecular weight excluding hydrogens is 400 g/mol. The fourth-order valence-electron chi connectivity index (χ4n) is 3.87. The van der Waals surface area contributed by atoms with E-state index in [1.165, 1.54) is 23.9 Å². The smallest absolute Gasteiger partial charge is 0.257 e. The second kappa shape index (κ2) is 7.79. The first-order valence-electron chi connectivity index (χ1n) is 9.84. The van der Waals surface area contributed by atoms with Gasteiger partial charge in [-0.05, 0) is 18.9 Å². The number of piperidine rings is 1. The molecule has 1 saturated heterocycles. The summed E-state index contributed by atoms with van der Waals surface area (Å²) in [6.45, 7) is 1.03. The summed E-state index contributed by atoms with van der Waals surface area (Å²) in [5, 5.41) is 5.04. The van der Waals surface area contributed by atoms with Crippen molar-refractivity contribution in [3.63, 3.8) is 0 Å². The molecule has 0 aliphatic carbocycles. The first-order valence-corrected chi connectivity index (χ1v) is 10.7. The Balaban J connectivity index is 1.38. The zero-order valence-corrected chi connectivity index (χ0v) is 17.0. The largest absolute Gasteiger partial charge is 0.472 e. The number of benzene rings is 1. The Bertz CT molecular complexity index is 1180. The van der Waals surface area contributed by atoms with Crippen molar-refractivity contribution in [2.75, 3.05) is 18.4 Å². The number of nitrogens with zero attached hydrogens (tertiary/aromatic N) is 3. The van der Waals surface area contributed by atoms with Crippen LogP contribution in [0.1, 0.15) is 23.2 Å². The van der Waals surface area contributed by atoms with Gasteiger partial charge in [0.25, 0.3) is 5.91 Å². The minimum atomic E-state index is -0.276. The third-order valence-corrected chi connectivity index (χ3v) is 6.16. The monoisotopic (exact) mass is 420 g/mol. The van der Waals surface area contributed by atoms with Crippen LogP contribution in [-0.4, -0.2) is 39.2 Å². The number of hydrogen-bond donors (Lipinski definition) is 1. The topological polar surface area (TPSA) is 79.9 Å². The van der Waals surface area contributed by atoms with E-state index < -0.39 is 0 Å². The quantitative estimate of drug-likeness (QED) is 0.538. The molecule has 3 aromatic heterocycles. The fourth-order valence-corrected chi connectivity index (χ4v) is 4.58. The molecule has 2 amide bonds. The molecule has 4 aromatic rings. The van der Waals surface area contributed by atoms with Crippen LogP contribution in [0, 0.1) is 5.92 Å². The maximum absolute atomic E-state index is 13.2. The second-order valence-corrected chi connectivity index (χ2v) is 8.20. The number of likely N-dealkylation sites (tertiary alicyclic amines) is 1. The highest BCUT2D eigenvalue weighted by Crippen LogP contribution is 2.31. The van der Waals surface area contributed by atoms with Gasteiger partial charge in [-0.1, -0.05) is 30.3 Å². The van der Waals surface area contributed by atoms with Crippen LogP contribution in [0.4, 0.5) is 5.82 Å². The molecule has 0 radical (unpaired) electrons. The van der Waals surface area contributed by atoms with Crippen molar-refractivity contribution in [2.24, 2.45) is 5.92 Å². The van der Waals surface area contributed by atoms with E-state index in [4.69, 9.17) is 9.40 Å². The number of thiazole rings is 1. The van der Waals surface area contributed by atoms with E-state index in [1.54, 1.807) is 11.0 Å². The molecule has 0 spiro atoms. The third-order valence-electron chi connectivity index (χ3n) is 5.40. The summed E-state index contributed by atoms with van der Waals surface area (Å²) in [5.41, 5.74) is 2.21. The highest BCUT2D eigenvalue weighted by atomic mass is 32.1. The summed E-state index contributed by atoms with van der Waals surface area (Å²) in [5.74, 6) is 0.198. The fraction of sp³-hybridized carbons (Fsp3) is 0.227. The molecule has 8 heteroatoms. The number of rotatable bonds is 4. The van der Waals surface area contributed by atoms with Crippen LogP contribution in [0.2, 0.25) is 0 Å². The Hall–Kier alpha value is -3.39. The van der Waals surface area contributed by atoms with E-state index >= 15 is 0 Å². The van der Waals surface area contributed by atoms with Crippen LogP contribution in [-0.2, 0) is 4.79 Å². The van der Waals surface area contributed by atoms with Gasteiger partial charge in [0.1, 0.15) is 17.8 Å². The number of carbonyl (C=O) groups is 2. The standard InChI is InChI=1S/C22H20N4O3S/c27-20(16-7-4-9-25(13-16)21(28)17-8-11-29-14-17)24-19-18(15-5-2-1-3-6-15)23-22-26(19)10-12-30-22/h1-3,5-6,8,10-12,14,16H,4,7,9,13H2,(H,24,27). The highest BCUT2D eigenvalue weighted by molar-refractivity contribution is 7.15.